The minimum atomic E-state index is -0.863. The number of rotatable bonds is 6. The molecule has 1 amide bonds. The summed E-state index contributed by atoms with van der Waals surface area (Å²) in [6.45, 7) is 0.610. The average Bonchev–Trinajstić information content (AvgIpc) is 2.69. The summed E-state index contributed by atoms with van der Waals surface area (Å²) in [5, 5.41) is 20.2. The van der Waals surface area contributed by atoms with Gasteiger partial charge in [-0.05, 0) is 30.2 Å². The van der Waals surface area contributed by atoms with Gasteiger partial charge in [-0.2, -0.15) is 0 Å². The number of halogens is 1. The first-order valence-electron chi connectivity index (χ1n) is 9.21. The van der Waals surface area contributed by atoms with E-state index in [9.17, 15) is 19.4 Å². The number of ether oxygens (including phenoxy) is 2. The molecule has 1 aliphatic rings. The molecule has 6 nitrogen and oxygen atoms in total. The molecule has 3 rings (SSSR count). The molecule has 0 bridgehead atoms. The molecule has 2 aromatic carbocycles. The molecule has 0 radical (unpaired) electrons. The van der Waals surface area contributed by atoms with Crippen LogP contribution in [0.15, 0.2) is 42.5 Å². The Morgan fingerprint density at radius 3 is 2.75 bits per heavy atom. The fourth-order valence-corrected chi connectivity index (χ4v) is 3.30. The van der Waals surface area contributed by atoms with Crippen molar-refractivity contribution < 1.29 is 28.9 Å². The van der Waals surface area contributed by atoms with Gasteiger partial charge in [0.1, 0.15) is 23.8 Å². The molecule has 0 aliphatic carbocycles. The molecule has 2 N–H and O–H groups in total. The first kappa shape index (κ1) is 19.9. The van der Waals surface area contributed by atoms with Gasteiger partial charge in [0.05, 0.1) is 13.7 Å². The van der Waals surface area contributed by atoms with E-state index in [0.717, 1.165) is 5.56 Å². The lowest BCUT2D eigenvalue weighted by molar-refractivity contribution is -0.137. The summed E-state index contributed by atoms with van der Waals surface area (Å²) >= 11 is 0. The number of benzene rings is 2. The molecule has 0 aromatic heterocycles. The van der Waals surface area contributed by atoms with Gasteiger partial charge in [0.15, 0.2) is 11.5 Å². The van der Waals surface area contributed by atoms with Crippen molar-refractivity contribution in [3.8, 4) is 17.2 Å². The van der Waals surface area contributed by atoms with Gasteiger partial charge in [-0.15, -0.1) is 0 Å². The number of nitrogens with zero attached hydrogens (tertiary/aromatic N) is 1. The third-order valence-electron chi connectivity index (χ3n) is 4.88. The molecule has 150 valence electrons. The highest BCUT2D eigenvalue weighted by atomic mass is 19.1. The Morgan fingerprint density at radius 2 is 2.04 bits per heavy atom. The van der Waals surface area contributed by atoms with Crippen LogP contribution in [0.3, 0.4) is 0 Å². The third kappa shape index (κ3) is 4.72. The summed E-state index contributed by atoms with van der Waals surface area (Å²) in [7, 11) is 1.42. The van der Waals surface area contributed by atoms with Crippen molar-refractivity contribution in [2.75, 3.05) is 20.2 Å². The van der Waals surface area contributed by atoms with Crippen molar-refractivity contribution >= 4 is 5.91 Å². The van der Waals surface area contributed by atoms with E-state index in [1.165, 1.54) is 25.3 Å². The molecule has 1 fully saturated rings. The Morgan fingerprint density at radius 1 is 1.25 bits per heavy atom. The van der Waals surface area contributed by atoms with Crippen LogP contribution in [0.25, 0.3) is 0 Å². The molecule has 7 heteroatoms. The Labute approximate surface area is 163 Å². The lowest BCUT2D eigenvalue weighted by Gasteiger charge is -2.36. The number of aryl methyl sites for hydroxylation is 1. The number of aliphatic hydroxyl groups excluding tert-OH is 1. The SMILES string of the molecule is COc1cc(F)ccc1O[C@@H]1CCN(C(=O)CCc2ccccc2O)C[C@H]1O. The van der Waals surface area contributed by atoms with Gasteiger partial charge in [-0.25, -0.2) is 4.39 Å². The number of hydrogen-bond acceptors (Lipinski definition) is 5. The molecule has 0 spiro atoms. The highest BCUT2D eigenvalue weighted by molar-refractivity contribution is 5.76. The molecule has 2 aromatic rings. The number of para-hydroxylation sites is 1. The first-order valence-corrected chi connectivity index (χ1v) is 9.21. The van der Waals surface area contributed by atoms with E-state index in [1.54, 1.807) is 23.1 Å². The number of aliphatic hydroxyl groups is 1. The Bertz CT molecular complexity index is 828. The Balaban J connectivity index is 1.54. The van der Waals surface area contributed by atoms with Crippen molar-refractivity contribution in [3.63, 3.8) is 0 Å². The number of likely N-dealkylation sites (tertiary alicyclic amines) is 1. The van der Waals surface area contributed by atoms with Gasteiger partial charge in [0, 0.05) is 25.5 Å². The van der Waals surface area contributed by atoms with Crippen molar-refractivity contribution in [2.45, 2.75) is 31.5 Å². The summed E-state index contributed by atoms with van der Waals surface area (Å²) in [5.41, 5.74) is 0.720. The van der Waals surface area contributed by atoms with Crippen LogP contribution in [0.4, 0.5) is 4.39 Å². The standard InChI is InChI=1S/C21H24FNO5/c1-27-20-12-15(22)7-8-19(20)28-18-10-11-23(13-17(18)25)21(26)9-6-14-4-2-3-5-16(14)24/h2-5,7-8,12,17-18,24-25H,6,9-11,13H2,1H3/t17-,18-/m1/s1. The second-order valence-electron chi connectivity index (χ2n) is 6.78. The Hall–Kier alpha value is -2.80. The maximum Gasteiger partial charge on any atom is 0.222 e. The number of β-amino-alcohol motifs (C(OH)–C–C–N with tert-alkyl or cyclic N) is 1. The Kier molecular flexibility index (Phi) is 6.36. The van der Waals surface area contributed by atoms with E-state index in [4.69, 9.17) is 9.47 Å². The zero-order chi connectivity index (χ0) is 20.1. The quantitative estimate of drug-likeness (QED) is 0.794. The number of aromatic hydroxyl groups is 1. The average molecular weight is 389 g/mol. The van der Waals surface area contributed by atoms with Crippen LogP contribution in [0.1, 0.15) is 18.4 Å². The van der Waals surface area contributed by atoms with Gasteiger partial charge < -0.3 is 24.6 Å². The number of amides is 1. The molecule has 1 heterocycles. The topological polar surface area (TPSA) is 79.2 Å². The highest BCUT2D eigenvalue weighted by Gasteiger charge is 2.32. The van der Waals surface area contributed by atoms with Crippen molar-refractivity contribution in [1.82, 2.24) is 4.90 Å². The summed E-state index contributed by atoms with van der Waals surface area (Å²) in [5.74, 6) is 0.270. The predicted octanol–water partition coefficient (Wildman–Crippen LogP) is 2.51. The molecule has 0 unspecified atom stereocenters. The smallest absolute Gasteiger partial charge is 0.222 e. The number of carbonyl (C=O) groups excluding carboxylic acids is 1. The van der Waals surface area contributed by atoms with Crippen LogP contribution < -0.4 is 9.47 Å². The minimum absolute atomic E-state index is 0.0832. The van der Waals surface area contributed by atoms with Crippen molar-refractivity contribution in [3.05, 3.63) is 53.8 Å². The molecule has 0 saturated carbocycles. The number of methoxy groups -OCH3 is 1. The molecular formula is C21H24FNO5. The number of carbonyl (C=O) groups is 1. The number of piperidine rings is 1. The van der Waals surface area contributed by atoms with Crippen LogP contribution in [0.5, 0.6) is 17.2 Å². The molecule has 1 saturated heterocycles. The molecule has 1 aliphatic heterocycles. The van der Waals surface area contributed by atoms with Crippen LogP contribution in [0, 0.1) is 5.82 Å². The van der Waals surface area contributed by atoms with Gasteiger partial charge >= 0.3 is 0 Å². The third-order valence-corrected chi connectivity index (χ3v) is 4.88. The van der Waals surface area contributed by atoms with Gasteiger partial charge in [0.2, 0.25) is 5.91 Å². The van der Waals surface area contributed by atoms with E-state index in [-0.39, 0.29) is 30.4 Å². The fraction of sp³-hybridized carbons (Fsp3) is 0.381. The summed E-state index contributed by atoms with van der Waals surface area (Å²) < 4.78 is 24.2. The number of phenolic OH excluding ortho intramolecular Hbond substituents is 1. The van der Waals surface area contributed by atoms with Crippen LogP contribution in [0.2, 0.25) is 0 Å². The highest BCUT2D eigenvalue weighted by Crippen LogP contribution is 2.30. The van der Waals surface area contributed by atoms with Gasteiger partial charge in [0.25, 0.3) is 0 Å². The van der Waals surface area contributed by atoms with E-state index < -0.39 is 18.0 Å². The van der Waals surface area contributed by atoms with Crippen LogP contribution in [-0.2, 0) is 11.2 Å². The van der Waals surface area contributed by atoms with E-state index in [1.807, 2.05) is 6.07 Å². The lowest BCUT2D eigenvalue weighted by atomic mass is 10.0. The summed E-state index contributed by atoms with van der Waals surface area (Å²) in [6, 6.07) is 10.9. The maximum absolute atomic E-state index is 13.3. The second kappa shape index (κ2) is 8.93. The predicted molar refractivity (Wildman–Crippen MR) is 101 cm³/mol. The van der Waals surface area contributed by atoms with Crippen LogP contribution in [-0.4, -0.2) is 53.4 Å². The summed E-state index contributed by atoms with van der Waals surface area (Å²) in [4.78, 5) is 14.1. The van der Waals surface area contributed by atoms with E-state index in [2.05, 4.69) is 0 Å². The number of hydrogen-bond donors (Lipinski definition) is 2. The van der Waals surface area contributed by atoms with Crippen LogP contribution >= 0.6 is 0 Å². The van der Waals surface area contributed by atoms with E-state index in [0.29, 0.717) is 25.1 Å². The first-order chi connectivity index (χ1) is 13.5. The molecule has 2 atom stereocenters. The monoisotopic (exact) mass is 389 g/mol. The fourth-order valence-electron chi connectivity index (χ4n) is 3.30. The lowest BCUT2D eigenvalue weighted by Crippen LogP contribution is -2.51. The van der Waals surface area contributed by atoms with Gasteiger partial charge in [-0.3, -0.25) is 4.79 Å². The van der Waals surface area contributed by atoms with Crippen molar-refractivity contribution in [2.24, 2.45) is 0 Å². The number of phenols is 1. The zero-order valence-electron chi connectivity index (χ0n) is 15.7. The molecular weight excluding hydrogens is 365 g/mol. The normalized spacial score (nSPS) is 19.3. The molecule has 28 heavy (non-hydrogen) atoms. The maximum atomic E-state index is 13.3. The minimum Gasteiger partial charge on any atom is -0.508 e. The second-order valence-corrected chi connectivity index (χ2v) is 6.78. The largest absolute Gasteiger partial charge is 0.508 e. The van der Waals surface area contributed by atoms with Crippen molar-refractivity contribution in [1.29, 1.82) is 0 Å². The van der Waals surface area contributed by atoms with Gasteiger partial charge in [-0.1, -0.05) is 18.2 Å². The zero-order valence-corrected chi connectivity index (χ0v) is 15.7. The van der Waals surface area contributed by atoms with E-state index >= 15 is 0 Å². The summed E-state index contributed by atoms with van der Waals surface area (Å²) in [6.07, 6.45) is -0.240.